The fourth-order valence-corrected chi connectivity index (χ4v) is 1.89. The molecule has 0 amide bonds. The molecule has 0 bridgehead atoms. The van der Waals surface area contributed by atoms with Gasteiger partial charge in [0, 0.05) is 37.7 Å². The van der Waals surface area contributed by atoms with Crippen molar-refractivity contribution in [2.45, 2.75) is 25.9 Å². The van der Waals surface area contributed by atoms with Gasteiger partial charge in [-0.15, -0.1) is 0 Å². The SMILES string of the molecule is CC(C)NC1CN(C)CC1CO. The standard InChI is InChI=1S/C9H20N2O/c1-7(2)10-9-5-11(3)4-8(9)6-12/h7-10,12H,4-6H2,1-3H3. The molecule has 0 aromatic rings. The first kappa shape index (κ1) is 9.96. The van der Waals surface area contributed by atoms with Gasteiger partial charge in [-0.25, -0.2) is 0 Å². The minimum Gasteiger partial charge on any atom is -0.396 e. The summed E-state index contributed by atoms with van der Waals surface area (Å²) in [6.07, 6.45) is 0. The smallest absolute Gasteiger partial charge is 0.0486 e. The van der Waals surface area contributed by atoms with Gasteiger partial charge >= 0.3 is 0 Å². The second-order valence-corrected chi connectivity index (χ2v) is 4.09. The van der Waals surface area contributed by atoms with Gasteiger partial charge in [0.2, 0.25) is 0 Å². The Bertz CT molecular complexity index is 138. The first-order chi connectivity index (χ1) is 5.63. The Hall–Kier alpha value is -0.120. The molecule has 3 nitrogen and oxygen atoms in total. The van der Waals surface area contributed by atoms with Gasteiger partial charge in [0.15, 0.2) is 0 Å². The highest BCUT2D eigenvalue weighted by Crippen LogP contribution is 2.14. The number of hydrogen-bond donors (Lipinski definition) is 2. The van der Waals surface area contributed by atoms with E-state index < -0.39 is 0 Å². The lowest BCUT2D eigenvalue weighted by Crippen LogP contribution is -2.41. The average molecular weight is 172 g/mol. The lowest BCUT2D eigenvalue weighted by atomic mass is 10.0. The van der Waals surface area contributed by atoms with Gasteiger partial charge in [-0.1, -0.05) is 13.8 Å². The zero-order valence-corrected chi connectivity index (χ0v) is 8.25. The Labute approximate surface area is 74.8 Å². The van der Waals surface area contributed by atoms with Crippen molar-refractivity contribution in [1.82, 2.24) is 10.2 Å². The third-order valence-corrected chi connectivity index (χ3v) is 2.41. The number of aliphatic hydroxyl groups is 1. The molecule has 12 heavy (non-hydrogen) atoms. The van der Waals surface area contributed by atoms with E-state index >= 15 is 0 Å². The van der Waals surface area contributed by atoms with Crippen molar-refractivity contribution in [3.05, 3.63) is 0 Å². The Morgan fingerprint density at radius 3 is 2.67 bits per heavy atom. The van der Waals surface area contributed by atoms with Crippen molar-refractivity contribution in [1.29, 1.82) is 0 Å². The number of aliphatic hydroxyl groups excluding tert-OH is 1. The van der Waals surface area contributed by atoms with Gasteiger partial charge in [0.1, 0.15) is 0 Å². The van der Waals surface area contributed by atoms with E-state index in [0.29, 0.717) is 24.6 Å². The molecule has 1 fully saturated rings. The van der Waals surface area contributed by atoms with Crippen LogP contribution in [-0.4, -0.2) is 48.8 Å². The van der Waals surface area contributed by atoms with Crippen LogP contribution in [0.15, 0.2) is 0 Å². The van der Waals surface area contributed by atoms with Crippen LogP contribution in [0.2, 0.25) is 0 Å². The molecule has 1 aliphatic heterocycles. The van der Waals surface area contributed by atoms with Crippen molar-refractivity contribution in [3.8, 4) is 0 Å². The highest BCUT2D eigenvalue weighted by molar-refractivity contribution is 4.87. The quantitative estimate of drug-likeness (QED) is 0.624. The van der Waals surface area contributed by atoms with Crippen LogP contribution in [-0.2, 0) is 0 Å². The average Bonchev–Trinajstić information content (AvgIpc) is 2.29. The van der Waals surface area contributed by atoms with Crippen LogP contribution in [0.25, 0.3) is 0 Å². The van der Waals surface area contributed by atoms with Crippen LogP contribution in [0.5, 0.6) is 0 Å². The minimum absolute atomic E-state index is 0.300. The molecular formula is C9H20N2O. The molecule has 3 heteroatoms. The fourth-order valence-electron chi connectivity index (χ4n) is 1.89. The number of nitrogens with one attached hydrogen (secondary N) is 1. The highest BCUT2D eigenvalue weighted by atomic mass is 16.3. The molecule has 0 spiro atoms. The summed E-state index contributed by atoms with van der Waals surface area (Å²) < 4.78 is 0. The van der Waals surface area contributed by atoms with Gasteiger partial charge in [0.05, 0.1) is 0 Å². The normalized spacial score (nSPS) is 31.8. The lowest BCUT2D eigenvalue weighted by Gasteiger charge is -2.20. The number of rotatable bonds is 3. The lowest BCUT2D eigenvalue weighted by molar-refractivity contribution is 0.208. The van der Waals surface area contributed by atoms with Crippen molar-refractivity contribution in [2.24, 2.45) is 5.92 Å². The molecule has 0 aliphatic carbocycles. The largest absolute Gasteiger partial charge is 0.396 e. The molecule has 1 saturated heterocycles. The maximum absolute atomic E-state index is 9.10. The number of likely N-dealkylation sites (N-methyl/N-ethyl adjacent to an activating group) is 1. The molecule has 0 saturated carbocycles. The second-order valence-electron chi connectivity index (χ2n) is 4.09. The van der Waals surface area contributed by atoms with Gasteiger partial charge in [0.25, 0.3) is 0 Å². The summed E-state index contributed by atoms with van der Waals surface area (Å²) >= 11 is 0. The third kappa shape index (κ3) is 2.44. The van der Waals surface area contributed by atoms with E-state index in [4.69, 9.17) is 5.11 Å². The Kier molecular flexibility index (Phi) is 3.50. The van der Waals surface area contributed by atoms with E-state index in [0.717, 1.165) is 13.1 Å². The van der Waals surface area contributed by atoms with Crippen LogP contribution in [0, 0.1) is 5.92 Å². The molecular weight excluding hydrogens is 152 g/mol. The van der Waals surface area contributed by atoms with Gasteiger partial charge in [-0.05, 0) is 7.05 Å². The van der Waals surface area contributed by atoms with Crippen molar-refractivity contribution in [3.63, 3.8) is 0 Å². The summed E-state index contributed by atoms with van der Waals surface area (Å²) in [5.74, 6) is 0.414. The predicted octanol–water partition coefficient (Wildman–Crippen LogP) is -0.0931. The Morgan fingerprint density at radius 2 is 2.17 bits per heavy atom. The molecule has 2 N–H and O–H groups in total. The number of likely N-dealkylation sites (tertiary alicyclic amines) is 1. The second kappa shape index (κ2) is 4.21. The van der Waals surface area contributed by atoms with Crippen LogP contribution in [0.1, 0.15) is 13.8 Å². The molecule has 1 rings (SSSR count). The molecule has 0 aromatic heterocycles. The van der Waals surface area contributed by atoms with E-state index in [1.807, 2.05) is 0 Å². The van der Waals surface area contributed by atoms with Crippen molar-refractivity contribution >= 4 is 0 Å². The summed E-state index contributed by atoms with van der Waals surface area (Å²) in [5.41, 5.74) is 0. The van der Waals surface area contributed by atoms with Crippen LogP contribution in [0.3, 0.4) is 0 Å². The number of hydrogen-bond acceptors (Lipinski definition) is 3. The summed E-state index contributed by atoms with van der Waals surface area (Å²) in [6.45, 7) is 6.67. The Morgan fingerprint density at radius 1 is 1.50 bits per heavy atom. The van der Waals surface area contributed by atoms with Crippen LogP contribution < -0.4 is 5.32 Å². The van der Waals surface area contributed by atoms with Crippen molar-refractivity contribution in [2.75, 3.05) is 26.7 Å². The van der Waals surface area contributed by atoms with Gasteiger partial charge in [-0.3, -0.25) is 0 Å². The molecule has 72 valence electrons. The number of nitrogens with zero attached hydrogens (tertiary/aromatic N) is 1. The molecule has 0 aromatic carbocycles. The van der Waals surface area contributed by atoms with E-state index in [1.54, 1.807) is 0 Å². The van der Waals surface area contributed by atoms with Gasteiger partial charge in [-0.2, -0.15) is 0 Å². The molecule has 1 heterocycles. The summed E-state index contributed by atoms with van der Waals surface area (Å²) in [7, 11) is 2.10. The van der Waals surface area contributed by atoms with Crippen LogP contribution >= 0.6 is 0 Å². The monoisotopic (exact) mass is 172 g/mol. The maximum atomic E-state index is 9.10. The zero-order valence-electron chi connectivity index (χ0n) is 8.25. The minimum atomic E-state index is 0.300. The highest BCUT2D eigenvalue weighted by Gasteiger charge is 2.29. The van der Waals surface area contributed by atoms with Gasteiger partial charge < -0.3 is 15.3 Å². The summed E-state index contributed by atoms with van der Waals surface area (Å²) in [6, 6.07) is 0.982. The molecule has 2 unspecified atom stereocenters. The summed E-state index contributed by atoms with van der Waals surface area (Å²) in [5, 5.41) is 12.6. The maximum Gasteiger partial charge on any atom is 0.0486 e. The van der Waals surface area contributed by atoms with Crippen molar-refractivity contribution < 1.29 is 5.11 Å². The third-order valence-electron chi connectivity index (χ3n) is 2.41. The van der Waals surface area contributed by atoms with E-state index in [-0.39, 0.29) is 0 Å². The zero-order chi connectivity index (χ0) is 9.14. The molecule has 1 aliphatic rings. The topological polar surface area (TPSA) is 35.5 Å². The Balaban J connectivity index is 2.40. The fraction of sp³-hybridized carbons (Fsp3) is 1.00. The molecule has 2 atom stereocenters. The first-order valence-electron chi connectivity index (χ1n) is 4.69. The summed E-state index contributed by atoms with van der Waals surface area (Å²) in [4.78, 5) is 2.26. The van der Waals surface area contributed by atoms with E-state index in [2.05, 4.69) is 31.1 Å². The van der Waals surface area contributed by atoms with E-state index in [9.17, 15) is 0 Å². The van der Waals surface area contributed by atoms with Crippen LogP contribution in [0.4, 0.5) is 0 Å². The van der Waals surface area contributed by atoms with E-state index in [1.165, 1.54) is 0 Å². The predicted molar refractivity (Wildman–Crippen MR) is 50.1 cm³/mol. The molecule has 0 radical (unpaired) electrons. The first-order valence-corrected chi connectivity index (χ1v) is 4.69.